The van der Waals surface area contributed by atoms with Gasteiger partial charge in [-0.3, -0.25) is 0 Å². The predicted molar refractivity (Wildman–Crippen MR) is 63.5 cm³/mol. The van der Waals surface area contributed by atoms with Gasteiger partial charge in [0.05, 0.1) is 11.1 Å². The van der Waals surface area contributed by atoms with E-state index in [1.165, 1.54) is 6.07 Å². The normalized spacial score (nSPS) is 25.7. The molecule has 0 aliphatic carbocycles. The number of halogens is 3. The van der Waals surface area contributed by atoms with Crippen molar-refractivity contribution in [3.63, 3.8) is 0 Å². The largest absolute Gasteiger partial charge is 0.373 e. The maximum absolute atomic E-state index is 13.0. The summed E-state index contributed by atoms with van der Waals surface area (Å²) >= 11 is 11.7. The van der Waals surface area contributed by atoms with Crippen molar-refractivity contribution in [3.8, 4) is 0 Å². The van der Waals surface area contributed by atoms with Gasteiger partial charge in [-0.1, -0.05) is 17.7 Å². The first kappa shape index (κ1) is 12.2. The molecular weight excluding hydrogens is 250 g/mol. The minimum Gasteiger partial charge on any atom is -0.373 e. The third-order valence-corrected chi connectivity index (χ3v) is 3.60. The van der Waals surface area contributed by atoms with Crippen LogP contribution in [0.1, 0.15) is 24.5 Å². The maximum Gasteiger partial charge on any atom is 0.141 e. The molecule has 0 bridgehead atoms. The van der Waals surface area contributed by atoms with E-state index < -0.39 is 5.82 Å². The van der Waals surface area contributed by atoms with Gasteiger partial charge in [-0.05, 0) is 30.5 Å². The number of rotatable bonds is 2. The standard InChI is InChI=1S/C12H13Cl2FO/c13-7-9-2-1-5-16-12(9)8-3-4-11(15)10(14)6-8/h3-4,6,9,12H,1-2,5,7H2. The molecule has 1 fully saturated rings. The average molecular weight is 263 g/mol. The van der Waals surface area contributed by atoms with Gasteiger partial charge in [0.1, 0.15) is 5.82 Å². The summed E-state index contributed by atoms with van der Waals surface area (Å²) in [5, 5.41) is 0.139. The molecule has 1 aromatic rings. The van der Waals surface area contributed by atoms with E-state index in [4.69, 9.17) is 27.9 Å². The minimum absolute atomic E-state index is 0.0515. The molecule has 1 aliphatic rings. The molecule has 2 rings (SSSR count). The van der Waals surface area contributed by atoms with Gasteiger partial charge in [0.15, 0.2) is 0 Å². The van der Waals surface area contributed by atoms with Gasteiger partial charge in [0, 0.05) is 18.4 Å². The molecule has 88 valence electrons. The Morgan fingerprint density at radius 1 is 1.44 bits per heavy atom. The fraction of sp³-hybridized carbons (Fsp3) is 0.500. The molecule has 1 aliphatic heterocycles. The van der Waals surface area contributed by atoms with Crippen molar-refractivity contribution in [2.75, 3.05) is 12.5 Å². The highest BCUT2D eigenvalue weighted by Gasteiger charge is 2.27. The van der Waals surface area contributed by atoms with E-state index >= 15 is 0 Å². The Bertz CT molecular complexity index is 370. The van der Waals surface area contributed by atoms with E-state index in [1.54, 1.807) is 12.1 Å². The van der Waals surface area contributed by atoms with Crippen LogP contribution in [0.5, 0.6) is 0 Å². The van der Waals surface area contributed by atoms with Gasteiger partial charge in [0.2, 0.25) is 0 Å². The Hall–Kier alpha value is -0.310. The van der Waals surface area contributed by atoms with E-state index in [0.29, 0.717) is 5.88 Å². The molecule has 1 heterocycles. The lowest BCUT2D eigenvalue weighted by Crippen LogP contribution is -2.23. The van der Waals surface area contributed by atoms with Crippen LogP contribution in [0.2, 0.25) is 5.02 Å². The summed E-state index contributed by atoms with van der Waals surface area (Å²) in [6.45, 7) is 0.729. The molecule has 0 amide bonds. The van der Waals surface area contributed by atoms with Crippen LogP contribution in [0.3, 0.4) is 0 Å². The second-order valence-corrected chi connectivity index (χ2v) is 4.74. The third-order valence-electron chi connectivity index (χ3n) is 2.92. The van der Waals surface area contributed by atoms with Gasteiger partial charge < -0.3 is 4.74 Å². The Labute approximate surface area is 105 Å². The van der Waals surface area contributed by atoms with Gasteiger partial charge in [-0.15, -0.1) is 11.6 Å². The van der Waals surface area contributed by atoms with Gasteiger partial charge in [-0.2, -0.15) is 0 Å². The first-order chi connectivity index (χ1) is 7.72. The minimum atomic E-state index is -0.399. The van der Waals surface area contributed by atoms with Gasteiger partial charge in [-0.25, -0.2) is 4.39 Å². The average Bonchev–Trinajstić information content (AvgIpc) is 2.32. The van der Waals surface area contributed by atoms with Crippen molar-refractivity contribution in [2.24, 2.45) is 5.92 Å². The van der Waals surface area contributed by atoms with Crippen LogP contribution in [0.15, 0.2) is 18.2 Å². The highest BCUT2D eigenvalue weighted by Crippen LogP contribution is 2.35. The fourth-order valence-electron chi connectivity index (χ4n) is 2.06. The molecule has 1 aromatic carbocycles. The first-order valence-corrected chi connectivity index (χ1v) is 6.26. The molecular formula is C12H13Cl2FO. The fourth-order valence-corrected chi connectivity index (χ4v) is 2.56. The number of ether oxygens (including phenoxy) is 1. The number of alkyl halides is 1. The van der Waals surface area contributed by atoms with Crippen LogP contribution < -0.4 is 0 Å². The summed E-state index contributed by atoms with van der Waals surface area (Å²) in [4.78, 5) is 0. The van der Waals surface area contributed by atoms with E-state index in [-0.39, 0.29) is 17.0 Å². The zero-order valence-electron chi connectivity index (χ0n) is 8.76. The number of hydrogen-bond donors (Lipinski definition) is 0. The molecule has 0 N–H and O–H groups in total. The van der Waals surface area contributed by atoms with Crippen molar-refractivity contribution >= 4 is 23.2 Å². The van der Waals surface area contributed by atoms with Crippen LogP contribution in [0, 0.1) is 11.7 Å². The Kier molecular flexibility index (Phi) is 4.06. The van der Waals surface area contributed by atoms with Gasteiger partial charge >= 0.3 is 0 Å². The number of benzene rings is 1. The highest BCUT2D eigenvalue weighted by atomic mass is 35.5. The van der Waals surface area contributed by atoms with Crippen molar-refractivity contribution < 1.29 is 9.13 Å². The third kappa shape index (κ3) is 2.50. The topological polar surface area (TPSA) is 9.23 Å². The summed E-state index contributed by atoms with van der Waals surface area (Å²) in [5.41, 5.74) is 0.914. The van der Waals surface area contributed by atoms with Crippen LogP contribution in [-0.4, -0.2) is 12.5 Å². The Morgan fingerprint density at radius 2 is 2.25 bits per heavy atom. The molecule has 2 unspecified atom stereocenters. The van der Waals surface area contributed by atoms with Crippen molar-refractivity contribution in [2.45, 2.75) is 18.9 Å². The molecule has 0 saturated carbocycles. The summed E-state index contributed by atoms with van der Waals surface area (Å²) in [6, 6.07) is 4.73. The molecule has 16 heavy (non-hydrogen) atoms. The lowest BCUT2D eigenvalue weighted by Gasteiger charge is -2.30. The van der Waals surface area contributed by atoms with Crippen LogP contribution in [0.25, 0.3) is 0 Å². The molecule has 0 aromatic heterocycles. The Morgan fingerprint density at radius 3 is 2.94 bits per heavy atom. The van der Waals surface area contributed by atoms with Gasteiger partial charge in [0.25, 0.3) is 0 Å². The molecule has 4 heteroatoms. The van der Waals surface area contributed by atoms with E-state index in [9.17, 15) is 4.39 Å². The zero-order chi connectivity index (χ0) is 11.5. The van der Waals surface area contributed by atoms with Crippen molar-refractivity contribution in [3.05, 3.63) is 34.6 Å². The van der Waals surface area contributed by atoms with E-state index in [0.717, 1.165) is 25.0 Å². The lowest BCUT2D eigenvalue weighted by atomic mass is 9.91. The zero-order valence-corrected chi connectivity index (χ0v) is 10.3. The van der Waals surface area contributed by atoms with Crippen LogP contribution in [0.4, 0.5) is 4.39 Å². The predicted octanol–water partition coefficient (Wildman–Crippen LogP) is 4.19. The smallest absolute Gasteiger partial charge is 0.141 e. The summed E-state index contributed by atoms with van der Waals surface area (Å²) in [7, 11) is 0. The Balaban J connectivity index is 2.23. The highest BCUT2D eigenvalue weighted by molar-refractivity contribution is 6.30. The monoisotopic (exact) mass is 262 g/mol. The lowest BCUT2D eigenvalue weighted by molar-refractivity contribution is -0.0208. The van der Waals surface area contributed by atoms with Crippen LogP contribution >= 0.6 is 23.2 Å². The van der Waals surface area contributed by atoms with E-state index in [2.05, 4.69) is 0 Å². The van der Waals surface area contributed by atoms with Crippen molar-refractivity contribution in [1.29, 1.82) is 0 Å². The van der Waals surface area contributed by atoms with Crippen LogP contribution in [-0.2, 0) is 4.74 Å². The summed E-state index contributed by atoms with van der Waals surface area (Å²) < 4.78 is 18.7. The van der Waals surface area contributed by atoms with Crippen molar-refractivity contribution in [1.82, 2.24) is 0 Å². The number of hydrogen-bond acceptors (Lipinski definition) is 1. The SMILES string of the molecule is Fc1ccc(C2OCCCC2CCl)cc1Cl. The molecule has 2 atom stereocenters. The molecule has 0 radical (unpaired) electrons. The molecule has 0 spiro atoms. The maximum atomic E-state index is 13.0. The molecule has 1 saturated heterocycles. The first-order valence-electron chi connectivity index (χ1n) is 5.35. The second-order valence-electron chi connectivity index (χ2n) is 4.02. The van der Waals surface area contributed by atoms with E-state index in [1.807, 2.05) is 0 Å². The summed E-state index contributed by atoms with van der Waals surface area (Å²) in [6.07, 6.45) is 2.02. The summed E-state index contributed by atoms with van der Waals surface area (Å²) in [5.74, 6) is 0.445. The molecule has 1 nitrogen and oxygen atoms in total. The quantitative estimate of drug-likeness (QED) is 0.727. The second kappa shape index (κ2) is 5.35.